The van der Waals surface area contributed by atoms with Crippen LogP contribution in [0.2, 0.25) is 0 Å². The van der Waals surface area contributed by atoms with E-state index in [-0.39, 0.29) is 0 Å². The molecule has 1 aromatic carbocycles. The van der Waals surface area contributed by atoms with Crippen molar-refractivity contribution in [2.75, 3.05) is 5.32 Å². The quantitative estimate of drug-likeness (QED) is 0.753. The molecule has 0 unspecified atom stereocenters. The largest absolute Gasteiger partial charge is 0.545 e. The molecule has 1 amide bonds. The molecule has 84 valence electrons. The van der Waals surface area contributed by atoms with Gasteiger partial charge in [0, 0.05) is 11.8 Å². The Morgan fingerprint density at radius 3 is 2.50 bits per heavy atom. The number of carbonyl (C=O) groups excluding carboxylic acids is 2. The molecule has 16 heavy (non-hydrogen) atoms. The van der Waals surface area contributed by atoms with Gasteiger partial charge >= 0.3 is 0 Å². The van der Waals surface area contributed by atoms with E-state index in [1.807, 2.05) is 26.0 Å². The normalized spacial score (nSPS) is 10.4. The number of anilines is 1. The molecule has 0 saturated carbocycles. The zero-order valence-corrected chi connectivity index (χ0v) is 9.11. The molecule has 0 aliphatic heterocycles. The van der Waals surface area contributed by atoms with Crippen molar-refractivity contribution >= 4 is 17.6 Å². The maximum absolute atomic E-state index is 11.3. The maximum Gasteiger partial charge on any atom is 0.248 e. The first kappa shape index (κ1) is 12.0. The first-order valence-corrected chi connectivity index (χ1v) is 4.76. The van der Waals surface area contributed by atoms with E-state index in [2.05, 4.69) is 5.32 Å². The molecule has 1 N–H and O–H groups in total. The van der Waals surface area contributed by atoms with Gasteiger partial charge in [0.2, 0.25) is 5.91 Å². The fourth-order valence-electron chi connectivity index (χ4n) is 1.27. The van der Waals surface area contributed by atoms with Crippen LogP contribution in [0.4, 0.5) is 5.69 Å². The van der Waals surface area contributed by atoms with E-state index in [1.54, 1.807) is 6.07 Å². The molecule has 4 heteroatoms. The Labute approximate surface area is 93.6 Å². The van der Waals surface area contributed by atoms with E-state index in [9.17, 15) is 14.7 Å². The Morgan fingerprint density at radius 1 is 1.25 bits per heavy atom. The van der Waals surface area contributed by atoms with Crippen molar-refractivity contribution in [1.82, 2.24) is 0 Å². The number of aliphatic carboxylic acids is 1. The topological polar surface area (TPSA) is 69.2 Å². The van der Waals surface area contributed by atoms with Crippen LogP contribution >= 0.6 is 0 Å². The maximum atomic E-state index is 11.3. The number of carboxylic acid groups (broad SMARTS) is 1. The number of aryl methyl sites for hydroxylation is 2. The van der Waals surface area contributed by atoms with Crippen molar-refractivity contribution in [3.05, 3.63) is 41.5 Å². The molecule has 0 aromatic heterocycles. The van der Waals surface area contributed by atoms with Crippen molar-refractivity contribution in [2.24, 2.45) is 0 Å². The molecule has 0 saturated heterocycles. The first-order chi connectivity index (χ1) is 7.49. The summed E-state index contributed by atoms with van der Waals surface area (Å²) in [6.45, 7) is 3.82. The molecule has 0 heterocycles. The Kier molecular flexibility index (Phi) is 3.83. The molecule has 0 atom stereocenters. The number of carbonyl (C=O) groups is 2. The van der Waals surface area contributed by atoms with Crippen LogP contribution in [-0.2, 0) is 9.59 Å². The summed E-state index contributed by atoms with van der Waals surface area (Å²) in [5.74, 6) is -1.88. The predicted molar refractivity (Wildman–Crippen MR) is 58.7 cm³/mol. The van der Waals surface area contributed by atoms with Crippen LogP contribution in [0.3, 0.4) is 0 Å². The summed E-state index contributed by atoms with van der Waals surface area (Å²) in [5.41, 5.74) is 2.69. The third-order valence-electron chi connectivity index (χ3n) is 2.01. The third kappa shape index (κ3) is 3.57. The first-order valence-electron chi connectivity index (χ1n) is 4.76. The molecular weight excluding hydrogens is 206 g/mol. The lowest BCUT2D eigenvalue weighted by atomic mass is 10.1. The van der Waals surface area contributed by atoms with Crippen LogP contribution in [0.25, 0.3) is 0 Å². The van der Waals surface area contributed by atoms with E-state index >= 15 is 0 Å². The van der Waals surface area contributed by atoms with Crippen LogP contribution in [0.5, 0.6) is 0 Å². The summed E-state index contributed by atoms with van der Waals surface area (Å²) in [7, 11) is 0. The van der Waals surface area contributed by atoms with Crippen LogP contribution in [0.15, 0.2) is 30.4 Å². The number of rotatable bonds is 3. The highest BCUT2D eigenvalue weighted by atomic mass is 16.4. The summed E-state index contributed by atoms with van der Waals surface area (Å²) in [4.78, 5) is 21.4. The van der Waals surface area contributed by atoms with E-state index in [0.717, 1.165) is 17.2 Å². The van der Waals surface area contributed by atoms with Crippen molar-refractivity contribution in [1.29, 1.82) is 0 Å². The van der Waals surface area contributed by atoms with Gasteiger partial charge in [-0.15, -0.1) is 0 Å². The zero-order valence-electron chi connectivity index (χ0n) is 9.11. The third-order valence-corrected chi connectivity index (χ3v) is 2.01. The fraction of sp³-hybridized carbons (Fsp3) is 0.167. The van der Waals surface area contributed by atoms with Gasteiger partial charge in [0.15, 0.2) is 0 Å². The molecule has 4 nitrogen and oxygen atoms in total. The predicted octanol–water partition coefficient (Wildman–Crippen LogP) is 0.548. The lowest BCUT2D eigenvalue weighted by Gasteiger charge is -2.06. The lowest BCUT2D eigenvalue weighted by Crippen LogP contribution is -2.20. The van der Waals surface area contributed by atoms with Crippen LogP contribution in [0.1, 0.15) is 11.1 Å². The second-order valence-corrected chi connectivity index (χ2v) is 3.46. The molecule has 0 radical (unpaired) electrons. The molecule has 1 rings (SSSR count). The summed E-state index contributed by atoms with van der Waals surface area (Å²) in [6.07, 6.45) is 1.62. The van der Waals surface area contributed by atoms with Gasteiger partial charge in [-0.25, -0.2) is 0 Å². The Balaban J connectivity index is 2.73. The monoisotopic (exact) mass is 218 g/mol. The number of hydrogen-bond acceptors (Lipinski definition) is 3. The van der Waals surface area contributed by atoms with Crippen LogP contribution in [-0.4, -0.2) is 11.9 Å². The minimum atomic E-state index is -1.39. The minimum absolute atomic E-state index is 0.490. The van der Waals surface area contributed by atoms with Gasteiger partial charge in [0.25, 0.3) is 0 Å². The van der Waals surface area contributed by atoms with Gasteiger partial charge in [-0.2, -0.15) is 0 Å². The summed E-state index contributed by atoms with van der Waals surface area (Å²) in [6, 6.07) is 5.57. The van der Waals surface area contributed by atoms with Crippen molar-refractivity contribution in [3.8, 4) is 0 Å². The molecule has 1 aromatic rings. The van der Waals surface area contributed by atoms with Gasteiger partial charge in [0.05, 0.1) is 5.97 Å². The number of carboxylic acids is 1. The highest BCUT2D eigenvalue weighted by molar-refractivity contribution is 6.02. The molecule has 0 aliphatic carbocycles. The zero-order chi connectivity index (χ0) is 12.1. The van der Waals surface area contributed by atoms with Gasteiger partial charge in [0.1, 0.15) is 0 Å². The van der Waals surface area contributed by atoms with Gasteiger partial charge < -0.3 is 15.2 Å². The standard InChI is InChI=1S/C12H13NO3/c1-8-3-4-10(9(2)7-8)13-11(14)5-6-12(15)16/h3-7H,1-2H3,(H,13,14)(H,15,16)/p-1/b6-5-. The van der Waals surface area contributed by atoms with E-state index < -0.39 is 11.9 Å². The molecule has 0 aliphatic rings. The minimum Gasteiger partial charge on any atom is -0.545 e. The summed E-state index contributed by atoms with van der Waals surface area (Å²) < 4.78 is 0. The van der Waals surface area contributed by atoms with Crippen molar-refractivity contribution in [3.63, 3.8) is 0 Å². The second-order valence-electron chi connectivity index (χ2n) is 3.46. The number of nitrogens with one attached hydrogen (secondary N) is 1. The van der Waals surface area contributed by atoms with Crippen molar-refractivity contribution in [2.45, 2.75) is 13.8 Å². The van der Waals surface area contributed by atoms with Crippen LogP contribution < -0.4 is 10.4 Å². The highest BCUT2D eigenvalue weighted by Gasteiger charge is 2.01. The lowest BCUT2D eigenvalue weighted by molar-refractivity contribution is -0.297. The van der Waals surface area contributed by atoms with Gasteiger partial charge in [-0.3, -0.25) is 4.79 Å². The van der Waals surface area contributed by atoms with Gasteiger partial charge in [-0.05, 0) is 31.6 Å². The van der Waals surface area contributed by atoms with E-state index in [0.29, 0.717) is 11.8 Å². The Morgan fingerprint density at radius 2 is 1.94 bits per heavy atom. The van der Waals surface area contributed by atoms with E-state index in [1.165, 1.54) is 0 Å². The molecule has 0 bridgehead atoms. The highest BCUT2D eigenvalue weighted by Crippen LogP contribution is 2.15. The summed E-state index contributed by atoms with van der Waals surface area (Å²) in [5, 5.41) is 12.7. The number of hydrogen-bond donors (Lipinski definition) is 1. The van der Waals surface area contributed by atoms with Crippen LogP contribution in [0, 0.1) is 13.8 Å². The molecular formula is C12H12NO3-. The second kappa shape index (κ2) is 5.11. The average molecular weight is 218 g/mol. The molecule has 0 spiro atoms. The smallest absolute Gasteiger partial charge is 0.248 e. The number of amides is 1. The van der Waals surface area contributed by atoms with Crippen molar-refractivity contribution < 1.29 is 14.7 Å². The fourth-order valence-corrected chi connectivity index (χ4v) is 1.27. The summed E-state index contributed by atoms with van der Waals surface area (Å²) >= 11 is 0. The molecule has 0 fully saturated rings. The van der Waals surface area contributed by atoms with Gasteiger partial charge in [-0.1, -0.05) is 17.7 Å². The Bertz CT molecular complexity index is 450. The Hall–Kier alpha value is -2.10. The van der Waals surface area contributed by atoms with E-state index in [4.69, 9.17) is 0 Å². The average Bonchev–Trinajstić information content (AvgIpc) is 2.19. The number of benzene rings is 1. The SMILES string of the molecule is Cc1ccc(NC(=O)/C=C\C(=O)[O-])c(C)c1.